The van der Waals surface area contributed by atoms with Gasteiger partial charge in [-0.1, -0.05) is 30.8 Å². The molecule has 0 saturated heterocycles. The third-order valence-corrected chi connectivity index (χ3v) is 3.05. The van der Waals surface area contributed by atoms with Crippen LogP contribution in [0.5, 0.6) is 0 Å². The largest absolute Gasteiger partial charge is 0.427 e. The van der Waals surface area contributed by atoms with Crippen LogP contribution in [0.2, 0.25) is 0 Å². The summed E-state index contributed by atoms with van der Waals surface area (Å²) in [6.07, 6.45) is -10.2. The number of nitrogens with two attached hydrogens (primary N) is 3. The number of carbonyl (C=O) groups is 2. The van der Waals surface area contributed by atoms with E-state index in [9.17, 15) is 35.9 Å². The fraction of sp³-hybridized carbons (Fsp3) is 0.818. The van der Waals surface area contributed by atoms with Crippen LogP contribution in [0.1, 0.15) is 14.9 Å². The third kappa shape index (κ3) is 10.6. The summed E-state index contributed by atoms with van der Waals surface area (Å²) in [5, 5.41) is 23.1. The zero-order chi connectivity index (χ0) is 20.6. The standard InChI is InChI=1S/C4H5BrF3NO2.C4H7F3N2O2.CH4O.2CH4.H3N/c5-1-3(11,2(9)10)4(6,7)8;5-4(6,7)3(11,1-8)2(9)10;1-2;;;/h11H,1H2,(H2,9,10);11H,1,8H2,(H2,9,10);2H,1H3;2*1H4;1H3. The van der Waals surface area contributed by atoms with E-state index in [0.717, 1.165) is 7.11 Å². The Balaban J connectivity index is -0.0000000677. The Bertz CT molecular complexity index is 389. The highest BCUT2D eigenvalue weighted by Gasteiger charge is 2.58. The topological polar surface area (TPSA) is 208 Å². The number of alkyl halides is 7. The van der Waals surface area contributed by atoms with Crippen LogP contribution in [0, 0.1) is 0 Å². The van der Waals surface area contributed by atoms with E-state index < -0.39 is 47.2 Å². The fourth-order valence-corrected chi connectivity index (χ4v) is 1.23. The highest BCUT2D eigenvalue weighted by Crippen LogP contribution is 2.31. The van der Waals surface area contributed by atoms with Gasteiger partial charge in [0.2, 0.25) is 5.60 Å². The summed E-state index contributed by atoms with van der Waals surface area (Å²) in [5.41, 5.74) is 6.06. The van der Waals surface area contributed by atoms with Gasteiger partial charge in [-0.25, -0.2) is 0 Å². The summed E-state index contributed by atoms with van der Waals surface area (Å²) in [4.78, 5) is 20.2. The first-order valence-corrected chi connectivity index (χ1v) is 6.52. The summed E-state index contributed by atoms with van der Waals surface area (Å²) < 4.78 is 70.5. The molecule has 0 aliphatic rings. The second-order valence-corrected chi connectivity index (χ2v) is 4.34. The molecule has 12 N–H and O–H groups in total. The number of carbonyl (C=O) groups excluding carboxylic acids is 2. The van der Waals surface area contributed by atoms with Crippen LogP contribution in [0.25, 0.3) is 0 Å². The molecule has 2 unspecified atom stereocenters. The van der Waals surface area contributed by atoms with E-state index in [-0.39, 0.29) is 21.0 Å². The van der Waals surface area contributed by atoms with E-state index in [4.69, 9.17) is 15.3 Å². The Morgan fingerprint density at radius 2 is 1.07 bits per heavy atom. The molecule has 0 heterocycles. The first-order chi connectivity index (χ1) is 10.5. The quantitative estimate of drug-likeness (QED) is 0.211. The minimum absolute atomic E-state index is 0. The van der Waals surface area contributed by atoms with Gasteiger partial charge in [-0.2, -0.15) is 26.3 Å². The predicted octanol–water partition coefficient (Wildman–Crippen LogP) is -0.0735. The van der Waals surface area contributed by atoms with E-state index in [2.05, 4.69) is 33.1 Å². The summed E-state index contributed by atoms with van der Waals surface area (Å²) in [6, 6.07) is 0. The monoisotopic (exact) mass is 488 g/mol. The van der Waals surface area contributed by atoms with Gasteiger partial charge < -0.3 is 38.7 Å². The van der Waals surface area contributed by atoms with Crippen molar-refractivity contribution in [2.45, 2.75) is 38.4 Å². The summed E-state index contributed by atoms with van der Waals surface area (Å²) in [5.74, 6) is -3.71. The Morgan fingerprint density at radius 1 is 0.852 bits per heavy atom. The molecule has 0 aliphatic carbocycles. The Labute approximate surface area is 160 Å². The lowest BCUT2D eigenvalue weighted by molar-refractivity contribution is -0.246. The maximum atomic E-state index is 11.8. The Hall–Kier alpha value is -1.20. The molecule has 0 aromatic rings. The van der Waals surface area contributed by atoms with Crippen LogP contribution in [0.15, 0.2) is 0 Å². The third-order valence-electron chi connectivity index (χ3n) is 2.24. The zero-order valence-corrected chi connectivity index (χ0v) is 14.2. The van der Waals surface area contributed by atoms with E-state index in [1.807, 2.05) is 0 Å². The Morgan fingerprint density at radius 3 is 1.07 bits per heavy atom. The van der Waals surface area contributed by atoms with Crippen molar-refractivity contribution in [3.63, 3.8) is 0 Å². The summed E-state index contributed by atoms with van der Waals surface area (Å²) in [6.45, 7) is -1.27. The molecule has 0 spiro atoms. The van der Waals surface area contributed by atoms with Crippen molar-refractivity contribution in [3.05, 3.63) is 0 Å². The van der Waals surface area contributed by atoms with Gasteiger partial charge in [0.05, 0.1) is 5.33 Å². The van der Waals surface area contributed by atoms with Crippen molar-refractivity contribution in [2.24, 2.45) is 17.2 Å². The van der Waals surface area contributed by atoms with Gasteiger partial charge in [-0.3, -0.25) is 9.59 Å². The number of aliphatic hydroxyl groups excluding tert-OH is 1. The number of hydrogen-bond donors (Lipinski definition) is 7. The normalized spacial score (nSPS) is 14.5. The van der Waals surface area contributed by atoms with Gasteiger partial charge >= 0.3 is 12.4 Å². The first kappa shape index (κ1) is 40.5. The van der Waals surface area contributed by atoms with Crippen molar-refractivity contribution >= 4 is 27.7 Å². The smallest absolute Gasteiger partial charge is 0.400 e. The van der Waals surface area contributed by atoms with Gasteiger partial charge in [0.15, 0.2) is 0 Å². The second kappa shape index (κ2) is 14.8. The average molecular weight is 489 g/mol. The second-order valence-electron chi connectivity index (χ2n) is 3.78. The molecule has 0 fully saturated rings. The molecule has 0 bridgehead atoms. The van der Waals surface area contributed by atoms with E-state index in [1.165, 1.54) is 0 Å². The lowest BCUT2D eigenvalue weighted by atomic mass is 10.0. The SMILES string of the molecule is C.C.CO.N.NC(=O)C(O)(CBr)C(F)(F)F.NCC(O)(C(N)=O)C(F)(F)F. The highest BCUT2D eigenvalue weighted by atomic mass is 79.9. The molecule has 0 aromatic heterocycles. The highest BCUT2D eigenvalue weighted by molar-refractivity contribution is 9.09. The molecule has 0 aromatic carbocycles. The minimum atomic E-state index is -5.12. The van der Waals surface area contributed by atoms with Gasteiger partial charge in [-0.15, -0.1) is 0 Å². The summed E-state index contributed by atoms with van der Waals surface area (Å²) in [7, 11) is 1.00. The first-order valence-electron chi connectivity index (χ1n) is 5.40. The van der Waals surface area contributed by atoms with E-state index in [0.29, 0.717) is 0 Å². The van der Waals surface area contributed by atoms with Crippen molar-refractivity contribution in [1.82, 2.24) is 6.15 Å². The molecule has 2 amide bonds. The van der Waals surface area contributed by atoms with Crippen LogP contribution >= 0.6 is 15.9 Å². The van der Waals surface area contributed by atoms with Crippen molar-refractivity contribution in [1.29, 1.82) is 0 Å². The van der Waals surface area contributed by atoms with Crippen molar-refractivity contribution in [2.75, 3.05) is 19.0 Å². The van der Waals surface area contributed by atoms with Crippen LogP contribution in [0.4, 0.5) is 26.3 Å². The predicted molar refractivity (Wildman–Crippen MR) is 89.9 cm³/mol. The number of aliphatic hydroxyl groups is 3. The molecule has 0 aliphatic heterocycles. The molecule has 0 saturated carbocycles. The average Bonchev–Trinajstić information content (AvgIpc) is 2.45. The molecular formula is C11H27BrF6N4O5. The number of rotatable bonds is 4. The van der Waals surface area contributed by atoms with Gasteiger partial charge in [-0.05, 0) is 0 Å². The lowest BCUT2D eigenvalue weighted by Gasteiger charge is -2.24. The molecule has 0 rings (SSSR count). The van der Waals surface area contributed by atoms with Gasteiger partial charge in [0.1, 0.15) is 0 Å². The fourth-order valence-electron chi connectivity index (χ4n) is 0.637. The molecule has 9 nitrogen and oxygen atoms in total. The molecule has 170 valence electrons. The van der Waals surface area contributed by atoms with Gasteiger partial charge in [0, 0.05) is 13.7 Å². The molecule has 0 radical (unpaired) electrons. The Kier molecular flexibility index (Phi) is 22.2. The van der Waals surface area contributed by atoms with Crippen molar-refractivity contribution in [3.8, 4) is 0 Å². The van der Waals surface area contributed by atoms with Crippen LogP contribution in [-0.4, -0.2) is 69.7 Å². The zero-order valence-electron chi connectivity index (χ0n) is 12.7. The van der Waals surface area contributed by atoms with E-state index >= 15 is 0 Å². The molecule has 27 heavy (non-hydrogen) atoms. The number of hydrogen-bond acceptors (Lipinski definition) is 7. The molecular weight excluding hydrogens is 462 g/mol. The molecule has 16 heteroatoms. The van der Waals surface area contributed by atoms with Crippen molar-refractivity contribution < 1.29 is 51.3 Å². The summed E-state index contributed by atoms with van der Waals surface area (Å²) >= 11 is 2.34. The minimum Gasteiger partial charge on any atom is -0.400 e. The van der Waals surface area contributed by atoms with E-state index in [1.54, 1.807) is 0 Å². The molecule has 2 atom stereocenters. The maximum absolute atomic E-state index is 11.8. The number of amides is 2. The van der Waals surface area contributed by atoms with Gasteiger partial charge in [0.25, 0.3) is 17.4 Å². The lowest BCUT2D eigenvalue weighted by Crippen LogP contribution is -2.60. The van der Waals surface area contributed by atoms with Crippen LogP contribution < -0.4 is 23.4 Å². The number of primary amides is 2. The maximum Gasteiger partial charge on any atom is 0.427 e. The van der Waals surface area contributed by atoms with Crippen LogP contribution in [-0.2, 0) is 9.59 Å². The van der Waals surface area contributed by atoms with Crippen LogP contribution in [0.3, 0.4) is 0 Å². The number of halogens is 7.